The molecule has 4 nitrogen and oxygen atoms in total. The third-order valence-electron chi connectivity index (χ3n) is 5.97. The molecule has 4 bridgehead atoms. The van der Waals surface area contributed by atoms with Gasteiger partial charge in [-0.15, -0.1) is 0 Å². The van der Waals surface area contributed by atoms with Gasteiger partial charge in [0, 0.05) is 13.7 Å². The first kappa shape index (κ1) is 15.3. The number of aliphatic hydroxyl groups is 1. The average molecular weight is 295 g/mol. The van der Waals surface area contributed by atoms with E-state index in [1.807, 2.05) is 0 Å². The second-order valence-corrected chi connectivity index (χ2v) is 8.73. The van der Waals surface area contributed by atoms with Crippen LogP contribution >= 0.6 is 0 Å². The molecule has 2 N–H and O–H groups in total. The molecule has 4 fully saturated rings. The third-order valence-corrected chi connectivity index (χ3v) is 5.97. The van der Waals surface area contributed by atoms with Crippen LogP contribution in [-0.2, 0) is 9.53 Å². The van der Waals surface area contributed by atoms with E-state index < -0.39 is 6.10 Å². The van der Waals surface area contributed by atoms with Crippen LogP contribution in [0.15, 0.2) is 0 Å². The highest BCUT2D eigenvalue weighted by molar-refractivity contribution is 5.83. The highest BCUT2D eigenvalue weighted by Gasteiger charge is 2.62. The Kier molecular flexibility index (Phi) is 3.61. The van der Waals surface area contributed by atoms with Gasteiger partial charge in [-0.05, 0) is 55.3 Å². The van der Waals surface area contributed by atoms with E-state index in [1.54, 1.807) is 7.11 Å². The number of carbonyl (C=O) groups is 1. The summed E-state index contributed by atoms with van der Waals surface area (Å²) < 4.78 is 4.92. The van der Waals surface area contributed by atoms with Crippen LogP contribution in [0.4, 0.5) is 0 Å². The molecular weight excluding hydrogens is 266 g/mol. The lowest BCUT2D eigenvalue weighted by Gasteiger charge is -2.64. The molecule has 4 aliphatic carbocycles. The van der Waals surface area contributed by atoms with Crippen molar-refractivity contribution in [2.75, 3.05) is 20.3 Å². The molecule has 4 heteroatoms. The monoisotopic (exact) mass is 295 g/mol. The summed E-state index contributed by atoms with van der Waals surface area (Å²) in [6.45, 7) is 5.31. The van der Waals surface area contributed by atoms with Gasteiger partial charge >= 0.3 is 0 Å². The summed E-state index contributed by atoms with van der Waals surface area (Å²) in [6, 6.07) is 0. The van der Waals surface area contributed by atoms with E-state index in [4.69, 9.17) is 4.74 Å². The van der Waals surface area contributed by atoms with E-state index >= 15 is 0 Å². The van der Waals surface area contributed by atoms with Crippen molar-refractivity contribution < 1.29 is 14.6 Å². The first-order valence-corrected chi connectivity index (χ1v) is 8.24. The number of ether oxygens (including phenoxy) is 1. The zero-order chi connectivity index (χ0) is 15.3. The molecule has 0 radical (unpaired) electrons. The molecule has 4 rings (SSSR count). The van der Waals surface area contributed by atoms with Gasteiger partial charge in [0.05, 0.1) is 18.1 Å². The second-order valence-electron chi connectivity index (χ2n) is 8.73. The van der Waals surface area contributed by atoms with Crippen molar-refractivity contribution >= 4 is 5.91 Å². The molecule has 0 aromatic heterocycles. The molecule has 3 atom stereocenters. The third kappa shape index (κ3) is 2.72. The zero-order valence-corrected chi connectivity index (χ0v) is 13.6. The summed E-state index contributed by atoms with van der Waals surface area (Å²) in [4.78, 5) is 12.8. The molecule has 0 saturated heterocycles. The predicted molar refractivity (Wildman–Crippen MR) is 80.7 cm³/mol. The highest BCUT2D eigenvalue weighted by Crippen LogP contribution is 2.69. The maximum atomic E-state index is 12.8. The number of rotatable bonds is 5. The lowest BCUT2D eigenvalue weighted by atomic mass is 9.40. The summed E-state index contributed by atoms with van der Waals surface area (Å²) in [6.07, 6.45) is 6.35. The van der Waals surface area contributed by atoms with Crippen LogP contribution in [0.3, 0.4) is 0 Å². The molecule has 0 aromatic rings. The Morgan fingerprint density at radius 2 is 1.86 bits per heavy atom. The topological polar surface area (TPSA) is 58.6 Å². The molecule has 1 amide bonds. The van der Waals surface area contributed by atoms with Crippen molar-refractivity contribution in [3.8, 4) is 0 Å². The van der Waals surface area contributed by atoms with Gasteiger partial charge in [0.15, 0.2) is 0 Å². The van der Waals surface area contributed by atoms with Crippen LogP contribution < -0.4 is 5.32 Å². The van der Waals surface area contributed by atoms with Crippen LogP contribution in [0.5, 0.6) is 0 Å². The van der Waals surface area contributed by atoms with Crippen molar-refractivity contribution in [1.29, 1.82) is 0 Å². The van der Waals surface area contributed by atoms with Gasteiger partial charge < -0.3 is 15.2 Å². The molecule has 4 saturated carbocycles. The number of carbonyl (C=O) groups excluding carboxylic acids is 1. The van der Waals surface area contributed by atoms with E-state index in [0.717, 1.165) is 19.3 Å². The molecule has 0 aliphatic heterocycles. The Balaban J connectivity index is 1.71. The number of hydrogen-bond acceptors (Lipinski definition) is 3. The lowest BCUT2D eigenvalue weighted by Crippen LogP contribution is -2.60. The van der Waals surface area contributed by atoms with Crippen molar-refractivity contribution in [1.82, 2.24) is 5.32 Å². The van der Waals surface area contributed by atoms with E-state index in [1.165, 1.54) is 19.3 Å². The highest BCUT2D eigenvalue weighted by atomic mass is 16.5. The molecular formula is C17H29NO3. The van der Waals surface area contributed by atoms with Crippen LogP contribution in [0.25, 0.3) is 0 Å². The molecule has 4 aliphatic rings. The van der Waals surface area contributed by atoms with E-state index in [9.17, 15) is 9.90 Å². The second kappa shape index (κ2) is 4.95. The minimum atomic E-state index is -0.612. The Morgan fingerprint density at radius 1 is 1.24 bits per heavy atom. The lowest BCUT2D eigenvalue weighted by molar-refractivity contribution is -0.170. The molecule has 120 valence electrons. The van der Waals surface area contributed by atoms with Gasteiger partial charge in [-0.25, -0.2) is 0 Å². The van der Waals surface area contributed by atoms with Crippen LogP contribution in [0.1, 0.15) is 52.4 Å². The summed E-state index contributed by atoms with van der Waals surface area (Å²) >= 11 is 0. The van der Waals surface area contributed by atoms with Crippen molar-refractivity contribution in [3.05, 3.63) is 0 Å². The van der Waals surface area contributed by atoms with Gasteiger partial charge in [-0.2, -0.15) is 0 Å². The first-order valence-electron chi connectivity index (χ1n) is 8.24. The fourth-order valence-electron chi connectivity index (χ4n) is 6.35. The van der Waals surface area contributed by atoms with Crippen LogP contribution in [0, 0.1) is 22.2 Å². The van der Waals surface area contributed by atoms with Crippen molar-refractivity contribution in [3.63, 3.8) is 0 Å². The largest absolute Gasteiger partial charge is 0.389 e. The first-order chi connectivity index (χ1) is 9.78. The predicted octanol–water partition coefficient (Wildman–Crippen LogP) is 2.11. The fraction of sp³-hybridized carbons (Fsp3) is 0.941. The normalized spacial score (nSPS) is 45.6. The molecule has 3 unspecified atom stereocenters. The van der Waals surface area contributed by atoms with Crippen LogP contribution in [0.2, 0.25) is 0 Å². The standard InChI is InChI=1S/C17H29NO3/c1-15-4-12-5-16(2,9-15)11-17(6-12,10-15)14(20)18-7-13(19)8-21-3/h12-13,19H,4-11H2,1-3H3,(H,18,20). The zero-order valence-electron chi connectivity index (χ0n) is 13.6. The fourth-order valence-corrected chi connectivity index (χ4v) is 6.35. The van der Waals surface area contributed by atoms with Gasteiger partial charge in [0.2, 0.25) is 5.91 Å². The van der Waals surface area contributed by atoms with Gasteiger partial charge in [-0.1, -0.05) is 13.8 Å². The van der Waals surface area contributed by atoms with E-state index in [-0.39, 0.29) is 17.9 Å². The number of aliphatic hydroxyl groups excluding tert-OH is 1. The Morgan fingerprint density at radius 3 is 2.38 bits per heavy atom. The quantitative estimate of drug-likeness (QED) is 0.816. The number of methoxy groups -OCH3 is 1. The molecule has 0 spiro atoms. The number of nitrogens with one attached hydrogen (secondary N) is 1. The van der Waals surface area contributed by atoms with E-state index in [0.29, 0.717) is 23.3 Å². The molecule has 0 aromatic carbocycles. The summed E-state index contributed by atoms with van der Waals surface area (Å²) in [5, 5.41) is 12.7. The molecule has 0 heterocycles. The average Bonchev–Trinajstić information content (AvgIpc) is 2.31. The van der Waals surface area contributed by atoms with Crippen molar-refractivity contribution in [2.45, 2.75) is 58.5 Å². The maximum absolute atomic E-state index is 12.8. The number of amides is 1. The Bertz CT molecular complexity index is 418. The van der Waals surface area contributed by atoms with E-state index in [2.05, 4.69) is 19.2 Å². The summed E-state index contributed by atoms with van der Waals surface area (Å²) in [7, 11) is 1.56. The van der Waals surface area contributed by atoms with Gasteiger partial charge in [0.25, 0.3) is 0 Å². The summed E-state index contributed by atoms with van der Waals surface area (Å²) in [5.41, 5.74) is 0.503. The maximum Gasteiger partial charge on any atom is 0.226 e. The smallest absolute Gasteiger partial charge is 0.226 e. The van der Waals surface area contributed by atoms with Crippen molar-refractivity contribution in [2.24, 2.45) is 22.2 Å². The number of hydrogen-bond donors (Lipinski definition) is 2. The van der Waals surface area contributed by atoms with Gasteiger partial charge in [0.1, 0.15) is 0 Å². The SMILES string of the molecule is COCC(O)CNC(=O)C12CC3CC(C)(CC(C)(C3)C1)C2. The minimum absolute atomic E-state index is 0.166. The molecule has 21 heavy (non-hydrogen) atoms. The van der Waals surface area contributed by atoms with Gasteiger partial charge in [-0.3, -0.25) is 4.79 Å². The Labute approximate surface area is 127 Å². The minimum Gasteiger partial charge on any atom is -0.389 e. The summed E-state index contributed by atoms with van der Waals surface area (Å²) in [5.74, 6) is 0.880. The van der Waals surface area contributed by atoms with Crippen LogP contribution in [-0.4, -0.2) is 37.4 Å². The Hall–Kier alpha value is -0.610.